The number of urea groups is 1. The lowest BCUT2D eigenvalue weighted by Gasteiger charge is -2.29. The number of unbranched alkanes of at least 4 members (excludes halogenated alkanes) is 3. The molecule has 4 N–H and O–H groups in total. The lowest BCUT2D eigenvalue weighted by Crippen LogP contribution is -2.53. The molecule has 104 valence electrons. The Morgan fingerprint density at radius 2 is 2.05 bits per heavy atom. The number of rotatable bonds is 5. The molecule has 0 radical (unpaired) electrons. The van der Waals surface area contributed by atoms with E-state index in [4.69, 9.17) is 11.6 Å². The maximum absolute atomic E-state index is 11.9. The van der Waals surface area contributed by atoms with E-state index < -0.39 is 11.9 Å². The molecule has 1 atom stereocenters. The van der Waals surface area contributed by atoms with Gasteiger partial charge in [-0.1, -0.05) is 26.2 Å². The second-order valence-electron chi connectivity index (χ2n) is 4.75. The van der Waals surface area contributed by atoms with E-state index in [0.717, 1.165) is 30.7 Å². The van der Waals surface area contributed by atoms with Crippen LogP contribution in [-0.2, 0) is 4.79 Å². The van der Waals surface area contributed by atoms with Gasteiger partial charge in [0.2, 0.25) is 0 Å². The number of nitrogens with zero attached hydrogens (tertiary/aromatic N) is 3. The zero-order chi connectivity index (χ0) is 14.0. The molecule has 0 aliphatic carbocycles. The number of amides is 3. The summed E-state index contributed by atoms with van der Waals surface area (Å²) in [6.07, 6.45) is 5.82. The van der Waals surface area contributed by atoms with E-state index in [0.29, 0.717) is 6.54 Å². The molecule has 2 aliphatic rings. The third-order valence-electron chi connectivity index (χ3n) is 3.38. The molecular formula is C12H19N5O2. The van der Waals surface area contributed by atoms with Crippen molar-refractivity contribution in [2.24, 2.45) is 16.6 Å². The lowest BCUT2D eigenvalue weighted by molar-refractivity contribution is -0.123. The van der Waals surface area contributed by atoms with Gasteiger partial charge in [-0.2, -0.15) is 4.99 Å². The van der Waals surface area contributed by atoms with E-state index in [1.165, 1.54) is 0 Å². The molecule has 1 unspecified atom stereocenters. The maximum atomic E-state index is 11.9. The maximum Gasteiger partial charge on any atom is 0.344 e. The molecule has 0 spiro atoms. The van der Waals surface area contributed by atoms with Crippen LogP contribution >= 0.6 is 0 Å². The highest BCUT2D eigenvalue weighted by molar-refractivity contribution is 6.45. The van der Waals surface area contributed by atoms with Gasteiger partial charge in [-0.15, -0.1) is 0 Å². The van der Waals surface area contributed by atoms with Gasteiger partial charge < -0.3 is 10.6 Å². The third-order valence-corrected chi connectivity index (χ3v) is 3.38. The fourth-order valence-electron chi connectivity index (χ4n) is 2.27. The van der Waals surface area contributed by atoms with Gasteiger partial charge >= 0.3 is 6.03 Å². The number of hydrogen-bond donors (Lipinski definition) is 2. The van der Waals surface area contributed by atoms with Gasteiger partial charge in [-0.25, -0.2) is 15.6 Å². The molecule has 0 fully saturated rings. The summed E-state index contributed by atoms with van der Waals surface area (Å²) in [7, 11) is 0. The van der Waals surface area contributed by atoms with Crippen LogP contribution in [0.15, 0.2) is 16.9 Å². The molecule has 2 aliphatic heterocycles. The van der Waals surface area contributed by atoms with Crippen molar-refractivity contribution in [1.82, 2.24) is 9.91 Å². The topological polar surface area (TPSA) is 105 Å². The summed E-state index contributed by atoms with van der Waals surface area (Å²) in [5.41, 5.74) is 5.82. The highest BCUT2D eigenvalue weighted by Crippen LogP contribution is 2.21. The number of hydrazine groups is 1. The molecule has 7 nitrogen and oxygen atoms in total. The quantitative estimate of drug-likeness (QED) is 0.424. The summed E-state index contributed by atoms with van der Waals surface area (Å²) in [6.45, 7) is 2.71. The number of carbonyl (C=O) groups is 2. The summed E-state index contributed by atoms with van der Waals surface area (Å²) in [6, 6.07) is -0.842. The fourth-order valence-corrected chi connectivity index (χ4v) is 2.27. The number of aliphatic imine (C=N–C) groups is 1. The van der Waals surface area contributed by atoms with E-state index in [1.807, 2.05) is 0 Å². The van der Waals surface area contributed by atoms with Crippen LogP contribution in [0, 0.1) is 0 Å². The normalized spacial score (nSPS) is 22.5. The molecule has 0 bridgehead atoms. The van der Waals surface area contributed by atoms with Crippen molar-refractivity contribution >= 4 is 17.6 Å². The molecule has 19 heavy (non-hydrogen) atoms. The molecular weight excluding hydrogens is 246 g/mol. The zero-order valence-electron chi connectivity index (χ0n) is 11.0. The van der Waals surface area contributed by atoms with Gasteiger partial charge in [0, 0.05) is 6.54 Å². The van der Waals surface area contributed by atoms with Gasteiger partial charge in [0.05, 0.1) is 0 Å². The Bertz CT molecular complexity index is 457. The Morgan fingerprint density at radius 1 is 1.32 bits per heavy atom. The van der Waals surface area contributed by atoms with Crippen molar-refractivity contribution in [3.05, 3.63) is 11.9 Å². The second kappa shape index (κ2) is 5.40. The molecule has 3 amide bonds. The molecule has 7 heteroatoms. The molecule has 0 aromatic carbocycles. The Hall–Kier alpha value is -1.89. The SMILES string of the molecule is CCCCCCN1C(=O)N=C2C(=O)N(N)C(N)=CC21. The highest BCUT2D eigenvalue weighted by atomic mass is 16.2. The summed E-state index contributed by atoms with van der Waals surface area (Å²) < 4.78 is 0. The molecule has 0 aromatic heterocycles. The number of fused-ring (bicyclic) bond motifs is 1. The van der Waals surface area contributed by atoms with E-state index in [9.17, 15) is 9.59 Å². The minimum Gasteiger partial charge on any atom is -0.384 e. The lowest BCUT2D eigenvalue weighted by atomic mass is 10.1. The summed E-state index contributed by atoms with van der Waals surface area (Å²) in [5, 5.41) is 0.823. The van der Waals surface area contributed by atoms with Gasteiger partial charge in [-0.05, 0) is 12.5 Å². The molecule has 2 heterocycles. The van der Waals surface area contributed by atoms with Crippen molar-refractivity contribution in [3.63, 3.8) is 0 Å². The minimum absolute atomic E-state index is 0.155. The van der Waals surface area contributed by atoms with E-state index in [2.05, 4.69) is 11.9 Å². The number of carbonyl (C=O) groups excluding carboxylic acids is 2. The van der Waals surface area contributed by atoms with Crippen LogP contribution in [0.5, 0.6) is 0 Å². The van der Waals surface area contributed by atoms with E-state index in [-0.39, 0.29) is 17.6 Å². The predicted molar refractivity (Wildman–Crippen MR) is 70.8 cm³/mol. The largest absolute Gasteiger partial charge is 0.384 e. The molecule has 0 aromatic rings. The smallest absolute Gasteiger partial charge is 0.344 e. The molecule has 0 saturated carbocycles. The van der Waals surface area contributed by atoms with Crippen LogP contribution in [-0.4, -0.2) is 40.1 Å². The Balaban J connectivity index is 2.08. The predicted octanol–water partition coefficient (Wildman–Crippen LogP) is 0.328. The van der Waals surface area contributed by atoms with Crippen molar-refractivity contribution in [2.75, 3.05) is 6.54 Å². The summed E-state index contributed by atoms with van der Waals surface area (Å²) in [4.78, 5) is 29.0. The van der Waals surface area contributed by atoms with E-state index >= 15 is 0 Å². The molecule has 0 saturated heterocycles. The first-order valence-electron chi connectivity index (χ1n) is 6.52. The van der Waals surface area contributed by atoms with Gasteiger partial charge in [0.15, 0.2) is 0 Å². The number of hydrogen-bond acceptors (Lipinski definition) is 4. The number of nitrogens with two attached hydrogens (primary N) is 2. The Kier molecular flexibility index (Phi) is 3.84. The Morgan fingerprint density at radius 3 is 2.74 bits per heavy atom. The van der Waals surface area contributed by atoms with Crippen LogP contribution < -0.4 is 11.6 Å². The first-order chi connectivity index (χ1) is 9.06. The first kappa shape index (κ1) is 13.5. The van der Waals surface area contributed by atoms with Gasteiger partial charge in [-0.3, -0.25) is 4.79 Å². The van der Waals surface area contributed by atoms with Crippen LogP contribution in [0.3, 0.4) is 0 Å². The summed E-state index contributed by atoms with van der Waals surface area (Å²) in [5.74, 6) is 5.14. The van der Waals surface area contributed by atoms with Crippen molar-refractivity contribution in [1.29, 1.82) is 0 Å². The second-order valence-corrected chi connectivity index (χ2v) is 4.75. The Labute approximate surface area is 111 Å². The summed E-state index contributed by atoms with van der Waals surface area (Å²) >= 11 is 0. The van der Waals surface area contributed by atoms with Crippen molar-refractivity contribution in [2.45, 2.75) is 38.6 Å². The van der Waals surface area contributed by atoms with Crippen molar-refractivity contribution in [3.8, 4) is 0 Å². The fraction of sp³-hybridized carbons (Fsp3) is 0.583. The monoisotopic (exact) mass is 265 g/mol. The van der Waals surface area contributed by atoms with Crippen LogP contribution in [0.1, 0.15) is 32.6 Å². The molecule has 2 rings (SSSR count). The van der Waals surface area contributed by atoms with Gasteiger partial charge in [0.25, 0.3) is 5.91 Å². The van der Waals surface area contributed by atoms with E-state index in [1.54, 1.807) is 11.0 Å². The van der Waals surface area contributed by atoms with Gasteiger partial charge in [0.1, 0.15) is 17.6 Å². The van der Waals surface area contributed by atoms with Crippen LogP contribution in [0.2, 0.25) is 0 Å². The third kappa shape index (κ3) is 2.46. The van der Waals surface area contributed by atoms with Crippen LogP contribution in [0.25, 0.3) is 0 Å². The highest BCUT2D eigenvalue weighted by Gasteiger charge is 2.41. The first-order valence-corrected chi connectivity index (χ1v) is 6.52. The average molecular weight is 265 g/mol. The average Bonchev–Trinajstić information content (AvgIpc) is 2.69. The zero-order valence-corrected chi connectivity index (χ0v) is 11.0. The van der Waals surface area contributed by atoms with Crippen LogP contribution in [0.4, 0.5) is 4.79 Å². The van der Waals surface area contributed by atoms with Crippen molar-refractivity contribution < 1.29 is 9.59 Å². The minimum atomic E-state index is -0.505. The standard InChI is InChI=1S/C12H19N5O2/c1-2-3-4-5-6-16-8-7-9(13)17(14)11(18)10(8)15-12(16)19/h7-8H,2-6,13-14H2,1H3.